The third kappa shape index (κ3) is 5.29. The molecular formula is C15H22N4O. The highest BCUT2D eigenvalue weighted by Gasteiger charge is 2.07. The highest BCUT2D eigenvalue weighted by molar-refractivity contribution is 5.92. The first kappa shape index (κ1) is 16.0. The summed E-state index contributed by atoms with van der Waals surface area (Å²) in [6.45, 7) is 3.44. The highest BCUT2D eigenvalue weighted by Crippen LogP contribution is 2.20. The van der Waals surface area contributed by atoms with Crippen molar-refractivity contribution in [3.05, 3.63) is 23.8 Å². The molecule has 20 heavy (non-hydrogen) atoms. The van der Waals surface area contributed by atoms with Gasteiger partial charge in [-0.3, -0.25) is 4.79 Å². The maximum atomic E-state index is 11.8. The van der Waals surface area contributed by atoms with E-state index < -0.39 is 0 Å². The summed E-state index contributed by atoms with van der Waals surface area (Å²) in [4.78, 5) is 13.9. The Labute approximate surface area is 120 Å². The molecule has 0 spiro atoms. The van der Waals surface area contributed by atoms with E-state index in [-0.39, 0.29) is 5.91 Å². The van der Waals surface area contributed by atoms with Gasteiger partial charge in [0, 0.05) is 30.8 Å². The second-order valence-electron chi connectivity index (χ2n) is 4.88. The van der Waals surface area contributed by atoms with Crippen LogP contribution in [0.3, 0.4) is 0 Å². The number of nitrogens with two attached hydrogens (primary N) is 1. The Morgan fingerprint density at radius 2 is 2.20 bits per heavy atom. The topological polar surface area (TPSA) is 82.2 Å². The zero-order valence-corrected chi connectivity index (χ0v) is 12.1. The number of nitrogens with zero attached hydrogens (tertiary/aromatic N) is 2. The van der Waals surface area contributed by atoms with Gasteiger partial charge in [0.1, 0.15) is 0 Å². The normalized spacial score (nSPS) is 10.3. The molecule has 0 radical (unpaired) electrons. The first-order valence-electron chi connectivity index (χ1n) is 6.75. The Morgan fingerprint density at radius 1 is 1.45 bits per heavy atom. The number of hydrogen-bond donors (Lipinski definition) is 2. The van der Waals surface area contributed by atoms with Crippen molar-refractivity contribution in [2.45, 2.75) is 26.2 Å². The Morgan fingerprint density at radius 3 is 2.90 bits per heavy atom. The van der Waals surface area contributed by atoms with Gasteiger partial charge < -0.3 is 16.0 Å². The van der Waals surface area contributed by atoms with E-state index in [0.29, 0.717) is 18.5 Å². The molecule has 1 aromatic rings. The zero-order valence-electron chi connectivity index (χ0n) is 12.1. The minimum absolute atomic E-state index is 0.00705. The van der Waals surface area contributed by atoms with E-state index in [4.69, 9.17) is 11.0 Å². The van der Waals surface area contributed by atoms with E-state index in [1.807, 2.05) is 32.2 Å². The van der Waals surface area contributed by atoms with Crippen molar-refractivity contribution in [3.8, 4) is 6.07 Å². The van der Waals surface area contributed by atoms with Crippen LogP contribution in [-0.4, -0.2) is 30.9 Å². The number of benzene rings is 1. The van der Waals surface area contributed by atoms with E-state index in [0.717, 1.165) is 30.8 Å². The van der Waals surface area contributed by atoms with Crippen molar-refractivity contribution in [2.24, 2.45) is 0 Å². The molecule has 5 heteroatoms. The standard InChI is InChI=1S/C15H22N4O/c1-12-13(17)6-3-7-14(12)18-15(20)8-4-10-19(2)11-5-9-16/h3,6-7H,4-5,8,10-11,17H2,1-2H3,(H,18,20). The van der Waals surface area contributed by atoms with Crippen LogP contribution >= 0.6 is 0 Å². The minimum atomic E-state index is -0.00705. The summed E-state index contributed by atoms with van der Waals surface area (Å²) in [6, 6.07) is 7.60. The molecule has 0 fully saturated rings. The van der Waals surface area contributed by atoms with Gasteiger partial charge in [0.05, 0.1) is 6.07 Å². The highest BCUT2D eigenvalue weighted by atomic mass is 16.1. The van der Waals surface area contributed by atoms with Gasteiger partial charge >= 0.3 is 0 Å². The third-order valence-electron chi connectivity index (χ3n) is 3.20. The smallest absolute Gasteiger partial charge is 0.224 e. The van der Waals surface area contributed by atoms with Gasteiger partial charge in [-0.25, -0.2) is 0 Å². The van der Waals surface area contributed by atoms with Crippen molar-refractivity contribution >= 4 is 17.3 Å². The van der Waals surface area contributed by atoms with Gasteiger partial charge in [-0.2, -0.15) is 5.26 Å². The van der Waals surface area contributed by atoms with Gasteiger partial charge in [-0.15, -0.1) is 0 Å². The quantitative estimate of drug-likeness (QED) is 0.746. The van der Waals surface area contributed by atoms with E-state index in [1.54, 1.807) is 0 Å². The molecule has 0 aliphatic rings. The molecule has 0 heterocycles. The molecule has 0 aliphatic heterocycles. The van der Waals surface area contributed by atoms with Gasteiger partial charge in [0.2, 0.25) is 5.91 Å². The summed E-state index contributed by atoms with van der Waals surface area (Å²) in [7, 11) is 1.96. The molecule has 0 bridgehead atoms. The molecule has 0 unspecified atom stereocenters. The van der Waals surface area contributed by atoms with Crippen molar-refractivity contribution < 1.29 is 4.79 Å². The molecule has 3 N–H and O–H groups in total. The van der Waals surface area contributed by atoms with Gasteiger partial charge in [0.25, 0.3) is 0 Å². The fourth-order valence-electron chi connectivity index (χ4n) is 1.86. The van der Waals surface area contributed by atoms with Crippen LogP contribution in [0.1, 0.15) is 24.8 Å². The number of nitrogens with one attached hydrogen (secondary N) is 1. The summed E-state index contributed by atoms with van der Waals surface area (Å²) < 4.78 is 0. The number of nitrogen functional groups attached to an aromatic ring is 1. The van der Waals surface area contributed by atoms with Gasteiger partial charge in [-0.05, 0) is 44.6 Å². The maximum Gasteiger partial charge on any atom is 0.224 e. The average molecular weight is 274 g/mol. The average Bonchev–Trinajstić information content (AvgIpc) is 2.41. The predicted octanol–water partition coefficient (Wildman–Crippen LogP) is 2.14. The number of hydrogen-bond acceptors (Lipinski definition) is 4. The van der Waals surface area contributed by atoms with Crippen LogP contribution in [0.5, 0.6) is 0 Å². The molecular weight excluding hydrogens is 252 g/mol. The first-order chi connectivity index (χ1) is 9.54. The van der Waals surface area contributed by atoms with E-state index in [2.05, 4.69) is 16.3 Å². The van der Waals surface area contributed by atoms with Crippen molar-refractivity contribution in [2.75, 3.05) is 31.2 Å². The molecule has 5 nitrogen and oxygen atoms in total. The monoisotopic (exact) mass is 274 g/mol. The summed E-state index contributed by atoms with van der Waals surface area (Å²) in [6.07, 6.45) is 1.76. The lowest BCUT2D eigenvalue weighted by Crippen LogP contribution is -2.22. The molecule has 0 atom stereocenters. The Kier molecular flexibility index (Phi) is 6.54. The van der Waals surface area contributed by atoms with Crippen LogP contribution < -0.4 is 11.1 Å². The summed E-state index contributed by atoms with van der Waals surface area (Å²) >= 11 is 0. The van der Waals surface area contributed by atoms with Crippen LogP contribution in [0.4, 0.5) is 11.4 Å². The first-order valence-corrected chi connectivity index (χ1v) is 6.75. The predicted molar refractivity (Wildman–Crippen MR) is 81.2 cm³/mol. The SMILES string of the molecule is Cc1c(N)cccc1NC(=O)CCCN(C)CCC#N. The number of anilines is 2. The molecule has 0 aliphatic carbocycles. The number of amides is 1. The Bertz CT molecular complexity index is 493. The van der Waals surface area contributed by atoms with Gasteiger partial charge in [-0.1, -0.05) is 6.07 Å². The van der Waals surface area contributed by atoms with Gasteiger partial charge in [0.15, 0.2) is 0 Å². The lowest BCUT2D eigenvalue weighted by Gasteiger charge is -2.14. The third-order valence-corrected chi connectivity index (χ3v) is 3.20. The fraction of sp³-hybridized carbons (Fsp3) is 0.467. The lowest BCUT2D eigenvalue weighted by atomic mass is 10.1. The molecule has 0 aromatic heterocycles. The Hall–Kier alpha value is -2.06. The number of rotatable bonds is 7. The molecule has 0 saturated heterocycles. The van der Waals surface area contributed by atoms with Crippen LogP contribution in [0.25, 0.3) is 0 Å². The largest absolute Gasteiger partial charge is 0.398 e. The van der Waals surface area contributed by atoms with Crippen LogP contribution in [-0.2, 0) is 4.79 Å². The van der Waals surface area contributed by atoms with Crippen LogP contribution in [0.15, 0.2) is 18.2 Å². The van der Waals surface area contributed by atoms with Crippen molar-refractivity contribution in [3.63, 3.8) is 0 Å². The summed E-state index contributed by atoms with van der Waals surface area (Å²) in [5.41, 5.74) is 8.14. The number of carbonyl (C=O) groups is 1. The van der Waals surface area contributed by atoms with E-state index in [1.165, 1.54) is 0 Å². The number of nitriles is 1. The fourth-order valence-corrected chi connectivity index (χ4v) is 1.86. The second-order valence-corrected chi connectivity index (χ2v) is 4.88. The van der Waals surface area contributed by atoms with Crippen molar-refractivity contribution in [1.82, 2.24) is 4.90 Å². The molecule has 0 saturated carbocycles. The van der Waals surface area contributed by atoms with Crippen LogP contribution in [0, 0.1) is 18.3 Å². The van der Waals surface area contributed by atoms with E-state index >= 15 is 0 Å². The summed E-state index contributed by atoms with van der Waals surface area (Å²) in [5.74, 6) is -0.00705. The van der Waals surface area contributed by atoms with Crippen molar-refractivity contribution in [1.29, 1.82) is 5.26 Å². The minimum Gasteiger partial charge on any atom is -0.398 e. The molecule has 1 rings (SSSR count). The Balaban J connectivity index is 2.34. The van der Waals surface area contributed by atoms with Crippen LogP contribution in [0.2, 0.25) is 0 Å². The molecule has 108 valence electrons. The molecule has 1 amide bonds. The number of carbonyl (C=O) groups excluding carboxylic acids is 1. The van der Waals surface area contributed by atoms with E-state index in [9.17, 15) is 4.79 Å². The second kappa shape index (κ2) is 8.18. The maximum absolute atomic E-state index is 11.8. The summed E-state index contributed by atoms with van der Waals surface area (Å²) in [5, 5.41) is 11.4. The zero-order chi connectivity index (χ0) is 15.0. The molecule has 1 aromatic carbocycles. The lowest BCUT2D eigenvalue weighted by molar-refractivity contribution is -0.116.